The third-order valence-electron chi connectivity index (χ3n) is 2.48. The maximum atomic E-state index is 13.0. The number of halogens is 3. The molecular weight excluding hydrogens is 347 g/mol. The van der Waals surface area contributed by atoms with Gasteiger partial charge in [-0.25, -0.2) is 4.39 Å². The van der Waals surface area contributed by atoms with Crippen LogP contribution in [0.4, 0.5) is 15.8 Å². The Hall–Kier alpha value is -1.59. The molecule has 0 radical (unpaired) electrons. The Balaban J connectivity index is 1.94. The van der Waals surface area contributed by atoms with Crippen LogP contribution in [-0.2, 0) is 4.79 Å². The summed E-state index contributed by atoms with van der Waals surface area (Å²) in [5, 5.41) is 6.03. The largest absolute Gasteiger partial charge is 0.375 e. The highest BCUT2D eigenvalue weighted by Gasteiger charge is 2.05. The number of carbonyl (C=O) groups is 1. The number of amides is 1. The lowest BCUT2D eigenvalue weighted by Gasteiger charge is -2.09. The molecule has 0 aromatic heterocycles. The molecule has 0 atom stereocenters. The highest BCUT2D eigenvalue weighted by molar-refractivity contribution is 9.10. The van der Waals surface area contributed by atoms with Crippen LogP contribution < -0.4 is 10.6 Å². The minimum Gasteiger partial charge on any atom is -0.375 e. The predicted octanol–water partition coefficient (Wildman–Crippen LogP) is 4.29. The number of hydrogen-bond acceptors (Lipinski definition) is 2. The molecule has 104 valence electrons. The zero-order chi connectivity index (χ0) is 14.5. The Morgan fingerprint density at radius 3 is 2.80 bits per heavy atom. The molecule has 0 fully saturated rings. The van der Waals surface area contributed by atoms with E-state index in [2.05, 4.69) is 26.6 Å². The topological polar surface area (TPSA) is 41.1 Å². The molecular formula is C14H11BrClFN2O. The first kappa shape index (κ1) is 14.8. The van der Waals surface area contributed by atoms with Gasteiger partial charge in [0.2, 0.25) is 5.91 Å². The highest BCUT2D eigenvalue weighted by Crippen LogP contribution is 2.25. The number of anilines is 2. The van der Waals surface area contributed by atoms with Crippen molar-refractivity contribution < 1.29 is 9.18 Å². The van der Waals surface area contributed by atoms with Crippen LogP contribution in [-0.4, -0.2) is 12.5 Å². The monoisotopic (exact) mass is 356 g/mol. The minimum absolute atomic E-state index is 0.0344. The van der Waals surface area contributed by atoms with E-state index < -0.39 is 5.82 Å². The minimum atomic E-state index is -0.397. The van der Waals surface area contributed by atoms with Gasteiger partial charge in [-0.1, -0.05) is 33.6 Å². The number of carbonyl (C=O) groups excluding carboxylic acids is 1. The van der Waals surface area contributed by atoms with Gasteiger partial charge in [0.05, 0.1) is 17.3 Å². The zero-order valence-electron chi connectivity index (χ0n) is 10.3. The van der Waals surface area contributed by atoms with Crippen LogP contribution in [0.2, 0.25) is 5.02 Å². The van der Waals surface area contributed by atoms with Crippen LogP contribution >= 0.6 is 27.5 Å². The van der Waals surface area contributed by atoms with Gasteiger partial charge in [0.1, 0.15) is 5.82 Å². The first-order valence-corrected chi connectivity index (χ1v) is 6.96. The summed E-state index contributed by atoms with van der Waals surface area (Å²) < 4.78 is 13.8. The molecule has 1 amide bonds. The third-order valence-corrected chi connectivity index (χ3v) is 3.30. The van der Waals surface area contributed by atoms with E-state index >= 15 is 0 Å². The summed E-state index contributed by atoms with van der Waals surface area (Å²) in [6, 6.07) is 11.0. The molecule has 0 saturated heterocycles. The van der Waals surface area contributed by atoms with E-state index in [0.717, 1.165) is 4.47 Å². The van der Waals surface area contributed by atoms with E-state index in [1.807, 2.05) is 0 Å². The molecule has 0 aliphatic heterocycles. The molecule has 2 rings (SSSR count). The van der Waals surface area contributed by atoms with E-state index in [1.54, 1.807) is 24.3 Å². The Labute approximate surface area is 129 Å². The van der Waals surface area contributed by atoms with Gasteiger partial charge in [0, 0.05) is 10.2 Å². The molecule has 0 aliphatic carbocycles. The molecule has 6 heteroatoms. The second-order valence-electron chi connectivity index (χ2n) is 4.04. The second kappa shape index (κ2) is 6.72. The molecule has 0 heterocycles. The smallest absolute Gasteiger partial charge is 0.243 e. The number of hydrogen-bond donors (Lipinski definition) is 2. The quantitative estimate of drug-likeness (QED) is 0.857. The van der Waals surface area contributed by atoms with Crippen LogP contribution in [0.3, 0.4) is 0 Å². The van der Waals surface area contributed by atoms with Crippen molar-refractivity contribution >= 4 is 44.8 Å². The van der Waals surface area contributed by atoms with Crippen LogP contribution in [0.25, 0.3) is 0 Å². The van der Waals surface area contributed by atoms with Gasteiger partial charge < -0.3 is 10.6 Å². The van der Waals surface area contributed by atoms with Crippen molar-refractivity contribution in [1.29, 1.82) is 0 Å². The molecule has 2 aromatic carbocycles. The van der Waals surface area contributed by atoms with Crippen LogP contribution in [0.1, 0.15) is 0 Å². The molecule has 2 N–H and O–H groups in total. The van der Waals surface area contributed by atoms with Crippen molar-refractivity contribution in [3.63, 3.8) is 0 Å². The molecule has 2 aromatic rings. The maximum Gasteiger partial charge on any atom is 0.243 e. The Morgan fingerprint density at radius 1 is 1.25 bits per heavy atom. The van der Waals surface area contributed by atoms with Gasteiger partial charge in [0.25, 0.3) is 0 Å². The molecule has 0 bridgehead atoms. The first-order valence-electron chi connectivity index (χ1n) is 5.79. The molecule has 0 aliphatic rings. The highest BCUT2D eigenvalue weighted by atomic mass is 79.9. The van der Waals surface area contributed by atoms with E-state index in [0.29, 0.717) is 16.4 Å². The fraction of sp³-hybridized carbons (Fsp3) is 0.0714. The van der Waals surface area contributed by atoms with Crippen molar-refractivity contribution in [2.24, 2.45) is 0 Å². The van der Waals surface area contributed by atoms with Gasteiger partial charge in [-0.15, -0.1) is 0 Å². The van der Waals surface area contributed by atoms with Crippen molar-refractivity contribution in [2.75, 3.05) is 17.2 Å². The molecule has 0 spiro atoms. The molecule has 3 nitrogen and oxygen atoms in total. The Bertz CT molecular complexity index is 636. The second-order valence-corrected chi connectivity index (χ2v) is 5.36. The Morgan fingerprint density at radius 2 is 2.05 bits per heavy atom. The molecule has 0 unspecified atom stereocenters. The number of rotatable bonds is 4. The SMILES string of the molecule is O=C(CNc1cc(Br)ccc1Cl)Nc1cccc(F)c1. The fourth-order valence-electron chi connectivity index (χ4n) is 1.58. The lowest BCUT2D eigenvalue weighted by molar-refractivity contribution is -0.114. The zero-order valence-corrected chi connectivity index (χ0v) is 12.6. The average molecular weight is 358 g/mol. The standard InChI is InChI=1S/C14H11BrClFN2O/c15-9-4-5-12(16)13(6-9)18-8-14(20)19-11-3-1-2-10(17)7-11/h1-7,18H,8H2,(H,19,20). The number of benzene rings is 2. The maximum absolute atomic E-state index is 13.0. The summed E-state index contributed by atoms with van der Waals surface area (Å²) in [5.41, 5.74) is 1.06. The third kappa shape index (κ3) is 4.21. The normalized spacial score (nSPS) is 10.2. The van der Waals surface area contributed by atoms with Crippen LogP contribution in [0.15, 0.2) is 46.9 Å². The molecule has 20 heavy (non-hydrogen) atoms. The number of nitrogens with one attached hydrogen (secondary N) is 2. The van der Waals surface area contributed by atoms with E-state index in [1.165, 1.54) is 18.2 Å². The lowest BCUT2D eigenvalue weighted by Crippen LogP contribution is -2.21. The van der Waals surface area contributed by atoms with Crippen molar-refractivity contribution in [3.8, 4) is 0 Å². The van der Waals surface area contributed by atoms with Gasteiger partial charge in [-0.2, -0.15) is 0 Å². The van der Waals surface area contributed by atoms with Gasteiger partial charge >= 0.3 is 0 Å². The van der Waals surface area contributed by atoms with Crippen molar-refractivity contribution in [3.05, 3.63) is 57.8 Å². The summed E-state index contributed by atoms with van der Waals surface area (Å²) in [6.07, 6.45) is 0. The summed E-state index contributed by atoms with van der Waals surface area (Å²) in [4.78, 5) is 11.7. The Kier molecular flexibility index (Phi) is 4.98. The van der Waals surface area contributed by atoms with E-state index in [-0.39, 0.29) is 12.5 Å². The van der Waals surface area contributed by atoms with Crippen molar-refractivity contribution in [2.45, 2.75) is 0 Å². The summed E-state index contributed by atoms with van der Waals surface area (Å²) in [5.74, 6) is -0.683. The first-order chi connectivity index (χ1) is 9.54. The van der Waals surface area contributed by atoms with Crippen LogP contribution in [0, 0.1) is 5.82 Å². The van der Waals surface area contributed by atoms with Crippen molar-refractivity contribution in [1.82, 2.24) is 0 Å². The van der Waals surface area contributed by atoms with Crippen LogP contribution in [0.5, 0.6) is 0 Å². The van der Waals surface area contributed by atoms with Gasteiger partial charge in [-0.05, 0) is 36.4 Å². The summed E-state index contributed by atoms with van der Waals surface area (Å²) >= 11 is 9.32. The van der Waals surface area contributed by atoms with Gasteiger partial charge in [0.15, 0.2) is 0 Å². The molecule has 0 saturated carbocycles. The fourth-order valence-corrected chi connectivity index (χ4v) is 2.13. The average Bonchev–Trinajstić information content (AvgIpc) is 2.40. The van der Waals surface area contributed by atoms with E-state index in [9.17, 15) is 9.18 Å². The summed E-state index contributed by atoms with van der Waals surface area (Å²) in [7, 11) is 0. The lowest BCUT2D eigenvalue weighted by atomic mass is 10.3. The predicted molar refractivity (Wildman–Crippen MR) is 82.7 cm³/mol. The summed E-state index contributed by atoms with van der Waals surface area (Å²) in [6.45, 7) is 0.0344. The van der Waals surface area contributed by atoms with Gasteiger partial charge in [-0.3, -0.25) is 4.79 Å². The van der Waals surface area contributed by atoms with E-state index in [4.69, 9.17) is 11.6 Å².